The maximum absolute atomic E-state index is 11.9. The predicted molar refractivity (Wildman–Crippen MR) is 91.3 cm³/mol. The lowest BCUT2D eigenvalue weighted by molar-refractivity contribution is -0.121. The van der Waals surface area contributed by atoms with Crippen LogP contribution in [-0.4, -0.2) is 26.6 Å². The summed E-state index contributed by atoms with van der Waals surface area (Å²) in [6.07, 6.45) is 2.54. The van der Waals surface area contributed by atoms with E-state index in [0.717, 1.165) is 23.5 Å². The molecule has 0 bridgehead atoms. The first-order valence-corrected chi connectivity index (χ1v) is 8.14. The molecule has 24 heavy (non-hydrogen) atoms. The second kappa shape index (κ2) is 7.81. The number of nitrogens with one attached hydrogen (secondary N) is 3. The van der Waals surface area contributed by atoms with Crippen LogP contribution in [0, 0.1) is 19.8 Å². The molecule has 2 rings (SSSR count). The van der Waals surface area contributed by atoms with Gasteiger partial charge < -0.3 is 4.98 Å². The fourth-order valence-corrected chi connectivity index (χ4v) is 2.59. The van der Waals surface area contributed by atoms with E-state index in [4.69, 9.17) is 0 Å². The standard InChI is InChI=1S/C17H25N5O2/c1-11(2)10-22-13(4)14(12(3)21-22)7-8-16(23)19-20-17(24)15-6-5-9-18-15/h5-6,9,11,18H,7-8,10H2,1-4H3,(H,19,23)(H,20,24). The normalized spacial score (nSPS) is 10.9. The number of hydrogen-bond acceptors (Lipinski definition) is 3. The van der Waals surface area contributed by atoms with Crippen molar-refractivity contribution in [1.82, 2.24) is 25.6 Å². The topological polar surface area (TPSA) is 91.8 Å². The number of nitrogens with zero attached hydrogens (tertiary/aromatic N) is 2. The van der Waals surface area contributed by atoms with Gasteiger partial charge in [-0.25, -0.2) is 0 Å². The third-order valence-corrected chi connectivity index (χ3v) is 3.83. The van der Waals surface area contributed by atoms with Gasteiger partial charge in [0.15, 0.2) is 0 Å². The van der Waals surface area contributed by atoms with Gasteiger partial charge in [-0.3, -0.25) is 25.1 Å². The molecule has 7 nitrogen and oxygen atoms in total. The third kappa shape index (κ3) is 4.47. The number of aromatic nitrogens is 3. The molecule has 0 fully saturated rings. The summed E-state index contributed by atoms with van der Waals surface area (Å²) in [6.45, 7) is 9.16. The van der Waals surface area contributed by atoms with Gasteiger partial charge in [-0.1, -0.05) is 13.8 Å². The Kier molecular flexibility index (Phi) is 5.78. The molecule has 0 aromatic carbocycles. The van der Waals surface area contributed by atoms with Gasteiger partial charge in [-0.05, 0) is 43.9 Å². The van der Waals surface area contributed by atoms with Crippen LogP contribution in [0.3, 0.4) is 0 Å². The monoisotopic (exact) mass is 331 g/mol. The van der Waals surface area contributed by atoms with Crippen molar-refractivity contribution in [2.45, 2.75) is 47.1 Å². The largest absolute Gasteiger partial charge is 0.357 e. The summed E-state index contributed by atoms with van der Waals surface area (Å²) in [7, 11) is 0. The van der Waals surface area contributed by atoms with Crippen LogP contribution < -0.4 is 10.9 Å². The lowest BCUT2D eigenvalue weighted by atomic mass is 10.1. The molecule has 130 valence electrons. The first kappa shape index (κ1) is 17.8. The van der Waals surface area contributed by atoms with E-state index in [1.807, 2.05) is 18.5 Å². The van der Waals surface area contributed by atoms with Crippen LogP contribution in [0.5, 0.6) is 0 Å². The highest BCUT2D eigenvalue weighted by molar-refractivity contribution is 5.93. The molecule has 2 aromatic rings. The number of aromatic amines is 1. The highest BCUT2D eigenvalue weighted by Gasteiger charge is 2.14. The Morgan fingerprint density at radius 1 is 1.29 bits per heavy atom. The molecule has 0 unspecified atom stereocenters. The second-order valence-corrected chi connectivity index (χ2v) is 6.31. The lowest BCUT2D eigenvalue weighted by Gasteiger charge is -2.08. The maximum atomic E-state index is 11.9. The van der Waals surface area contributed by atoms with Crippen molar-refractivity contribution < 1.29 is 9.59 Å². The van der Waals surface area contributed by atoms with Crippen LogP contribution in [-0.2, 0) is 17.8 Å². The number of amides is 2. The molecule has 2 aromatic heterocycles. The molecular weight excluding hydrogens is 306 g/mol. The van der Waals surface area contributed by atoms with Crippen molar-refractivity contribution in [3.63, 3.8) is 0 Å². The number of aryl methyl sites for hydroxylation is 1. The summed E-state index contributed by atoms with van der Waals surface area (Å²) in [4.78, 5) is 26.4. The van der Waals surface area contributed by atoms with E-state index in [1.165, 1.54) is 0 Å². The van der Waals surface area contributed by atoms with Crippen LogP contribution >= 0.6 is 0 Å². The van der Waals surface area contributed by atoms with Crippen molar-refractivity contribution in [1.29, 1.82) is 0 Å². The van der Waals surface area contributed by atoms with Gasteiger partial charge in [0.2, 0.25) is 5.91 Å². The molecule has 2 amide bonds. The summed E-state index contributed by atoms with van der Waals surface area (Å²) >= 11 is 0. The zero-order valence-electron chi connectivity index (χ0n) is 14.6. The van der Waals surface area contributed by atoms with Gasteiger partial charge in [0.05, 0.1) is 5.69 Å². The third-order valence-electron chi connectivity index (χ3n) is 3.83. The van der Waals surface area contributed by atoms with E-state index >= 15 is 0 Å². The van der Waals surface area contributed by atoms with Crippen LogP contribution in [0.15, 0.2) is 18.3 Å². The van der Waals surface area contributed by atoms with Crippen LogP contribution in [0.25, 0.3) is 0 Å². The van der Waals surface area contributed by atoms with Gasteiger partial charge in [-0.15, -0.1) is 0 Å². The molecule has 0 saturated carbocycles. The number of hydrazine groups is 1. The zero-order valence-corrected chi connectivity index (χ0v) is 14.6. The molecule has 0 spiro atoms. The Morgan fingerprint density at radius 3 is 2.67 bits per heavy atom. The molecular formula is C17H25N5O2. The highest BCUT2D eigenvalue weighted by atomic mass is 16.2. The Labute approximate surface area is 141 Å². The van der Waals surface area contributed by atoms with E-state index in [2.05, 4.69) is 34.8 Å². The molecule has 0 aliphatic carbocycles. The van der Waals surface area contributed by atoms with E-state index in [9.17, 15) is 9.59 Å². The van der Waals surface area contributed by atoms with Gasteiger partial charge in [0.25, 0.3) is 5.91 Å². The summed E-state index contributed by atoms with van der Waals surface area (Å²) in [5.41, 5.74) is 8.38. The average Bonchev–Trinajstić information content (AvgIpc) is 3.13. The van der Waals surface area contributed by atoms with Gasteiger partial charge in [0.1, 0.15) is 5.69 Å². The fraction of sp³-hybridized carbons (Fsp3) is 0.471. The first-order valence-electron chi connectivity index (χ1n) is 8.14. The molecule has 0 radical (unpaired) electrons. The molecule has 2 heterocycles. The van der Waals surface area contributed by atoms with E-state index < -0.39 is 0 Å². The fourth-order valence-electron chi connectivity index (χ4n) is 2.59. The predicted octanol–water partition coefficient (Wildman–Crippen LogP) is 1.88. The lowest BCUT2D eigenvalue weighted by Crippen LogP contribution is -2.41. The summed E-state index contributed by atoms with van der Waals surface area (Å²) in [5.74, 6) is -0.0851. The van der Waals surface area contributed by atoms with Crippen LogP contribution in [0.2, 0.25) is 0 Å². The van der Waals surface area contributed by atoms with Crippen molar-refractivity contribution in [3.05, 3.63) is 41.0 Å². The number of H-pyrrole nitrogens is 1. The van der Waals surface area contributed by atoms with Crippen molar-refractivity contribution in [2.24, 2.45) is 5.92 Å². The van der Waals surface area contributed by atoms with Crippen LogP contribution in [0.4, 0.5) is 0 Å². The molecule has 0 aliphatic rings. The minimum absolute atomic E-state index is 0.231. The minimum atomic E-state index is -0.370. The quantitative estimate of drug-likeness (QED) is 0.706. The Balaban J connectivity index is 1.85. The van der Waals surface area contributed by atoms with Crippen molar-refractivity contribution in [3.8, 4) is 0 Å². The number of hydrogen-bond donors (Lipinski definition) is 3. The number of carbonyl (C=O) groups is 2. The summed E-state index contributed by atoms with van der Waals surface area (Å²) in [5, 5.41) is 4.55. The minimum Gasteiger partial charge on any atom is -0.357 e. The average molecular weight is 331 g/mol. The SMILES string of the molecule is Cc1nn(CC(C)C)c(C)c1CCC(=O)NNC(=O)c1ccc[nH]1. The Morgan fingerprint density at radius 2 is 2.04 bits per heavy atom. The van der Waals surface area contributed by atoms with E-state index in [0.29, 0.717) is 24.5 Å². The smallest absolute Gasteiger partial charge is 0.286 e. The van der Waals surface area contributed by atoms with E-state index in [1.54, 1.807) is 18.3 Å². The van der Waals surface area contributed by atoms with Crippen LogP contribution in [0.1, 0.15) is 47.7 Å². The van der Waals surface area contributed by atoms with Gasteiger partial charge >= 0.3 is 0 Å². The van der Waals surface area contributed by atoms with Crippen molar-refractivity contribution >= 4 is 11.8 Å². The molecule has 3 N–H and O–H groups in total. The van der Waals surface area contributed by atoms with E-state index in [-0.39, 0.29) is 11.8 Å². The second-order valence-electron chi connectivity index (χ2n) is 6.31. The Hall–Kier alpha value is -2.57. The van der Waals surface area contributed by atoms with Gasteiger partial charge in [-0.2, -0.15) is 5.10 Å². The zero-order chi connectivity index (χ0) is 17.7. The van der Waals surface area contributed by atoms with Gasteiger partial charge in [0, 0.05) is 24.9 Å². The number of rotatable bonds is 6. The first-order chi connectivity index (χ1) is 11.4. The highest BCUT2D eigenvalue weighted by Crippen LogP contribution is 2.16. The summed E-state index contributed by atoms with van der Waals surface area (Å²) < 4.78 is 2.00. The summed E-state index contributed by atoms with van der Waals surface area (Å²) in [6, 6.07) is 3.36. The molecule has 0 aliphatic heterocycles. The number of carbonyl (C=O) groups excluding carboxylic acids is 2. The Bertz CT molecular complexity index is 701. The van der Waals surface area contributed by atoms with Crippen molar-refractivity contribution in [2.75, 3.05) is 0 Å². The molecule has 0 saturated heterocycles. The molecule has 0 atom stereocenters. The maximum Gasteiger partial charge on any atom is 0.286 e. The molecule has 7 heteroatoms.